The van der Waals surface area contributed by atoms with Gasteiger partial charge in [0, 0.05) is 17.1 Å². The molecular weight excluding hydrogens is 412 g/mol. The summed E-state index contributed by atoms with van der Waals surface area (Å²) in [4.78, 5) is 16.8. The van der Waals surface area contributed by atoms with Gasteiger partial charge in [0.2, 0.25) is 0 Å². The van der Waals surface area contributed by atoms with E-state index in [1.165, 1.54) is 11.1 Å². The van der Waals surface area contributed by atoms with Gasteiger partial charge in [0.25, 0.3) is 5.91 Å². The molecule has 0 bridgehead atoms. The van der Waals surface area contributed by atoms with Crippen LogP contribution in [0.15, 0.2) is 59.0 Å². The van der Waals surface area contributed by atoms with Crippen molar-refractivity contribution in [3.63, 3.8) is 0 Å². The standard InChI is InChI=1S/C25H23ClN2O3/c1-15-11-22-23(12-16(15)2)31-25(28-22)13-18-4-6-19(7-5-18)27-24(29)14-30-20-8-9-21(26)17(3)10-20/h4-12H,13-14H2,1-3H3,(H,27,29). The third-order valence-corrected chi connectivity index (χ3v) is 5.56. The molecule has 1 heterocycles. The van der Waals surface area contributed by atoms with Crippen molar-refractivity contribution < 1.29 is 13.9 Å². The number of benzene rings is 3. The Balaban J connectivity index is 1.34. The first-order valence-corrected chi connectivity index (χ1v) is 10.4. The number of carbonyl (C=O) groups excluding carboxylic acids is 1. The van der Waals surface area contributed by atoms with E-state index in [1.54, 1.807) is 18.2 Å². The number of halogens is 1. The van der Waals surface area contributed by atoms with Crippen LogP contribution in [0.3, 0.4) is 0 Å². The Labute approximate surface area is 186 Å². The minimum Gasteiger partial charge on any atom is -0.484 e. The van der Waals surface area contributed by atoms with E-state index in [9.17, 15) is 4.79 Å². The molecule has 6 heteroatoms. The zero-order chi connectivity index (χ0) is 22.0. The van der Waals surface area contributed by atoms with Gasteiger partial charge in [-0.25, -0.2) is 4.98 Å². The fourth-order valence-corrected chi connectivity index (χ4v) is 3.35. The van der Waals surface area contributed by atoms with Crippen molar-refractivity contribution in [2.45, 2.75) is 27.2 Å². The molecule has 0 unspecified atom stereocenters. The molecule has 0 fully saturated rings. The van der Waals surface area contributed by atoms with Crippen LogP contribution in [-0.2, 0) is 11.2 Å². The number of hydrogen-bond donors (Lipinski definition) is 1. The molecule has 0 saturated carbocycles. The number of oxazole rings is 1. The van der Waals surface area contributed by atoms with Crippen molar-refractivity contribution in [1.82, 2.24) is 4.98 Å². The number of fused-ring (bicyclic) bond motifs is 1. The topological polar surface area (TPSA) is 64.4 Å². The van der Waals surface area contributed by atoms with Crippen LogP contribution < -0.4 is 10.1 Å². The van der Waals surface area contributed by atoms with Gasteiger partial charge in [0.05, 0.1) is 0 Å². The molecule has 0 atom stereocenters. The van der Waals surface area contributed by atoms with E-state index in [-0.39, 0.29) is 12.5 Å². The largest absolute Gasteiger partial charge is 0.484 e. The number of aryl methyl sites for hydroxylation is 3. The van der Waals surface area contributed by atoms with E-state index in [0.29, 0.717) is 28.8 Å². The molecule has 4 aromatic rings. The average molecular weight is 435 g/mol. The Morgan fingerprint density at radius 1 is 1.00 bits per heavy atom. The number of aromatic nitrogens is 1. The predicted octanol–water partition coefficient (Wildman–Crippen LogP) is 6.01. The monoisotopic (exact) mass is 434 g/mol. The second kappa shape index (κ2) is 8.82. The van der Waals surface area contributed by atoms with Gasteiger partial charge in [-0.1, -0.05) is 23.7 Å². The number of amides is 1. The number of hydrogen-bond acceptors (Lipinski definition) is 4. The SMILES string of the molecule is Cc1cc2nc(Cc3ccc(NC(=O)COc4ccc(Cl)c(C)c4)cc3)oc2cc1C. The van der Waals surface area contributed by atoms with Gasteiger partial charge in [-0.2, -0.15) is 0 Å². The Morgan fingerprint density at radius 2 is 1.74 bits per heavy atom. The Hall–Kier alpha value is -3.31. The highest BCUT2D eigenvalue weighted by Gasteiger charge is 2.09. The summed E-state index contributed by atoms with van der Waals surface area (Å²) in [6.45, 7) is 5.94. The minimum absolute atomic E-state index is 0.0788. The molecule has 5 nitrogen and oxygen atoms in total. The van der Waals surface area contributed by atoms with Crippen molar-refractivity contribution in [3.8, 4) is 5.75 Å². The molecular formula is C25H23ClN2O3. The fraction of sp³-hybridized carbons (Fsp3) is 0.200. The van der Waals surface area contributed by atoms with E-state index in [1.807, 2.05) is 43.3 Å². The molecule has 4 rings (SSSR count). The highest BCUT2D eigenvalue weighted by Crippen LogP contribution is 2.23. The zero-order valence-corrected chi connectivity index (χ0v) is 18.4. The Morgan fingerprint density at radius 3 is 2.48 bits per heavy atom. The van der Waals surface area contributed by atoms with Gasteiger partial charge in [-0.05, 0) is 85.5 Å². The van der Waals surface area contributed by atoms with Gasteiger partial charge >= 0.3 is 0 Å². The molecule has 3 aromatic carbocycles. The van der Waals surface area contributed by atoms with E-state index in [4.69, 9.17) is 20.8 Å². The van der Waals surface area contributed by atoms with Gasteiger partial charge < -0.3 is 14.5 Å². The van der Waals surface area contributed by atoms with Crippen LogP contribution in [0.1, 0.15) is 28.1 Å². The molecule has 31 heavy (non-hydrogen) atoms. The van der Waals surface area contributed by atoms with Crippen molar-refractivity contribution in [1.29, 1.82) is 0 Å². The maximum atomic E-state index is 12.2. The first kappa shape index (κ1) is 20.9. The van der Waals surface area contributed by atoms with Crippen LogP contribution in [0, 0.1) is 20.8 Å². The molecule has 158 valence electrons. The molecule has 0 saturated heterocycles. The van der Waals surface area contributed by atoms with E-state index < -0.39 is 0 Å². The van der Waals surface area contributed by atoms with E-state index in [2.05, 4.69) is 24.1 Å². The van der Waals surface area contributed by atoms with Crippen molar-refractivity contribution >= 4 is 34.3 Å². The smallest absolute Gasteiger partial charge is 0.262 e. The lowest BCUT2D eigenvalue weighted by Crippen LogP contribution is -2.20. The summed E-state index contributed by atoms with van der Waals surface area (Å²) in [5.74, 6) is 1.05. The maximum Gasteiger partial charge on any atom is 0.262 e. The molecule has 0 aliphatic rings. The molecule has 1 N–H and O–H groups in total. The van der Waals surface area contributed by atoms with E-state index in [0.717, 1.165) is 22.2 Å². The predicted molar refractivity (Wildman–Crippen MR) is 123 cm³/mol. The highest BCUT2D eigenvalue weighted by molar-refractivity contribution is 6.31. The summed E-state index contributed by atoms with van der Waals surface area (Å²) in [6, 6.07) is 17.0. The third kappa shape index (κ3) is 5.06. The quantitative estimate of drug-likeness (QED) is 0.403. The molecule has 1 amide bonds. The van der Waals surface area contributed by atoms with Gasteiger partial charge in [0.15, 0.2) is 18.1 Å². The Kier molecular flexibility index (Phi) is 5.96. The molecule has 0 aliphatic carbocycles. The summed E-state index contributed by atoms with van der Waals surface area (Å²) in [5, 5.41) is 3.50. The lowest BCUT2D eigenvalue weighted by molar-refractivity contribution is -0.118. The number of rotatable bonds is 6. The summed E-state index contributed by atoms with van der Waals surface area (Å²) in [6.07, 6.45) is 0.583. The lowest BCUT2D eigenvalue weighted by atomic mass is 10.1. The number of anilines is 1. The molecule has 0 aliphatic heterocycles. The van der Waals surface area contributed by atoms with Crippen molar-refractivity contribution in [2.24, 2.45) is 0 Å². The average Bonchev–Trinajstić information content (AvgIpc) is 3.11. The van der Waals surface area contributed by atoms with Crippen LogP contribution in [0.4, 0.5) is 5.69 Å². The zero-order valence-electron chi connectivity index (χ0n) is 17.7. The highest BCUT2D eigenvalue weighted by atomic mass is 35.5. The Bertz CT molecular complexity index is 1210. The number of nitrogens with zero attached hydrogens (tertiary/aromatic N) is 1. The number of nitrogens with one attached hydrogen (secondary N) is 1. The van der Waals surface area contributed by atoms with Crippen LogP contribution in [-0.4, -0.2) is 17.5 Å². The number of carbonyl (C=O) groups is 1. The summed E-state index contributed by atoms with van der Waals surface area (Å²) in [5.41, 5.74) is 6.71. The second-order valence-electron chi connectivity index (χ2n) is 7.63. The number of ether oxygens (including phenoxy) is 1. The summed E-state index contributed by atoms with van der Waals surface area (Å²) < 4.78 is 11.4. The van der Waals surface area contributed by atoms with Gasteiger partial charge in [-0.15, -0.1) is 0 Å². The fourth-order valence-electron chi connectivity index (χ4n) is 3.24. The molecule has 0 spiro atoms. The first-order valence-electron chi connectivity index (χ1n) is 10.0. The van der Waals surface area contributed by atoms with Crippen LogP contribution in [0.2, 0.25) is 5.02 Å². The van der Waals surface area contributed by atoms with E-state index >= 15 is 0 Å². The lowest BCUT2D eigenvalue weighted by Gasteiger charge is -2.09. The minimum atomic E-state index is -0.231. The summed E-state index contributed by atoms with van der Waals surface area (Å²) >= 11 is 6.00. The van der Waals surface area contributed by atoms with Crippen LogP contribution in [0.25, 0.3) is 11.1 Å². The van der Waals surface area contributed by atoms with Gasteiger partial charge in [0.1, 0.15) is 11.3 Å². The van der Waals surface area contributed by atoms with Crippen LogP contribution >= 0.6 is 11.6 Å². The van der Waals surface area contributed by atoms with Gasteiger partial charge in [-0.3, -0.25) is 4.79 Å². The summed E-state index contributed by atoms with van der Waals surface area (Å²) in [7, 11) is 0. The first-order chi connectivity index (χ1) is 14.9. The second-order valence-corrected chi connectivity index (χ2v) is 8.04. The molecule has 0 radical (unpaired) electrons. The maximum absolute atomic E-state index is 12.2. The normalized spacial score (nSPS) is 11.0. The van der Waals surface area contributed by atoms with Crippen molar-refractivity contribution in [3.05, 3.63) is 87.8 Å². The molecule has 1 aromatic heterocycles. The third-order valence-electron chi connectivity index (χ3n) is 5.14. The van der Waals surface area contributed by atoms with Crippen molar-refractivity contribution in [2.75, 3.05) is 11.9 Å². The van der Waals surface area contributed by atoms with Crippen LogP contribution in [0.5, 0.6) is 5.75 Å².